The molecule has 0 amide bonds. The average molecular weight is 341 g/mol. The summed E-state index contributed by atoms with van der Waals surface area (Å²) in [5, 5.41) is 10.4. The van der Waals surface area contributed by atoms with Crippen LogP contribution in [0, 0.1) is 11.6 Å². The summed E-state index contributed by atoms with van der Waals surface area (Å²) in [6.45, 7) is 1.66. The van der Waals surface area contributed by atoms with Gasteiger partial charge < -0.3 is 5.11 Å². The van der Waals surface area contributed by atoms with Gasteiger partial charge in [-0.1, -0.05) is 28.1 Å². The summed E-state index contributed by atoms with van der Waals surface area (Å²) >= 11 is 3.35. The van der Waals surface area contributed by atoms with Crippen LogP contribution in [-0.2, 0) is 12.8 Å². The highest BCUT2D eigenvalue weighted by atomic mass is 79.9. The summed E-state index contributed by atoms with van der Waals surface area (Å²) in [6, 6.07) is 10.9. The third-order valence-electron chi connectivity index (χ3n) is 3.01. The van der Waals surface area contributed by atoms with E-state index >= 15 is 0 Å². The highest BCUT2D eigenvalue weighted by molar-refractivity contribution is 9.10. The summed E-state index contributed by atoms with van der Waals surface area (Å²) in [6.07, 6.45) is 0.607. The van der Waals surface area contributed by atoms with Crippen LogP contribution in [0.25, 0.3) is 0 Å². The topological polar surface area (TPSA) is 20.2 Å². The monoisotopic (exact) mass is 340 g/mol. The van der Waals surface area contributed by atoms with Crippen molar-refractivity contribution in [1.82, 2.24) is 0 Å². The molecule has 0 spiro atoms. The van der Waals surface area contributed by atoms with Gasteiger partial charge in [0.15, 0.2) is 0 Å². The van der Waals surface area contributed by atoms with Crippen LogP contribution >= 0.6 is 15.9 Å². The van der Waals surface area contributed by atoms with Gasteiger partial charge in [-0.2, -0.15) is 0 Å². The van der Waals surface area contributed by atoms with Gasteiger partial charge in [0.2, 0.25) is 0 Å². The average Bonchev–Trinajstić information content (AvgIpc) is 2.29. The van der Waals surface area contributed by atoms with Gasteiger partial charge in [-0.15, -0.1) is 0 Å². The first-order valence-corrected chi connectivity index (χ1v) is 7.05. The highest BCUT2D eigenvalue weighted by Gasteiger charge is 2.22. The van der Waals surface area contributed by atoms with Crippen LogP contribution in [0.1, 0.15) is 18.1 Å². The largest absolute Gasteiger partial charge is 0.389 e. The third kappa shape index (κ3) is 4.39. The van der Waals surface area contributed by atoms with E-state index in [-0.39, 0.29) is 6.42 Å². The predicted octanol–water partition coefficient (Wildman–Crippen LogP) is 4.26. The minimum absolute atomic E-state index is 0.192. The molecule has 0 aliphatic carbocycles. The maximum absolute atomic E-state index is 13.1. The van der Waals surface area contributed by atoms with E-state index in [9.17, 15) is 13.9 Å². The highest BCUT2D eigenvalue weighted by Crippen LogP contribution is 2.21. The molecule has 0 radical (unpaired) electrons. The number of aliphatic hydroxyl groups is 1. The Hall–Kier alpha value is -1.26. The molecule has 1 atom stereocenters. The lowest BCUT2D eigenvalue weighted by molar-refractivity contribution is 0.0607. The lowest BCUT2D eigenvalue weighted by Gasteiger charge is -2.23. The van der Waals surface area contributed by atoms with Gasteiger partial charge in [0.05, 0.1) is 5.60 Å². The van der Waals surface area contributed by atoms with Crippen molar-refractivity contribution >= 4 is 15.9 Å². The quantitative estimate of drug-likeness (QED) is 0.881. The minimum Gasteiger partial charge on any atom is -0.389 e. The van der Waals surface area contributed by atoms with E-state index < -0.39 is 17.2 Å². The minimum atomic E-state index is -1.06. The molecule has 2 rings (SSSR count). The first-order valence-electron chi connectivity index (χ1n) is 6.26. The molecule has 0 aromatic heterocycles. The molecule has 1 nitrogen and oxygen atoms in total. The van der Waals surface area contributed by atoms with Gasteiger partial charge in [-0.25, -0.2) is 8.78 Å². The van der Waals surface area contributed by atoms with Crippen LogP contribution in [0.5, 0.6) is 0 Å². The zero-order chi connectivity index (χ0) is 14.8. The molecule has 4 heteroatoms. The zero-order valence-corrected chi connectivity index (χ0v) is 12.6. The smallest absolute Gasteiger partial charge is 0.126 e. The number of halogens is 3. The van der Waals surface area contributed by atoms with Crippen LogP contribution in [-0.4, -0.2) is 10.7 Å². The lowest BCUT2D eigenvalue weighted by Crippen LogP contribution is -2.30. The number of hydrogen-bond donors (Lipinski definition) is 1. The van der Waals surface area contributed by atoms with Crippen molar-refractivity contribution in [1.29, 1.82) is 0 Å². The van der Waals surface area contributed by atoms with Crippen molar-refractivity contribution in [3.63, 3.8) is 0 Å². The second kappa shape index (κ2) is 6.02. The van der Waals surface area contributed by atoms with Crippen molar-refractivity contribution in [3.8, 4) is 0 Å². The zero-order valence-electron chi connectivity index (χ0n) is 11.0. The van der Waals surface area contributed by atoms with Crippen molar-refractivity contribution < 1.29 is 13.9 Å². The van der Waals surface area contributed by atoms with E-state index in [0.717, 1.165) is 16.1 Å². The summed E-state index contributed by atoms with van der Waals surface area (Å²) < 4.78 is 27.3. The molecular formula is C16H15BrF2O. The van der Waals surface area contributed by atoms with Crippen molar-refractivity contribution in [2.45, 2.75) is 25.4 Å². The van der Waals surface area contributed by atoms with Gasteiger partial charge >= 0.3 is 0 Å². The fourth-order valence-corrected chi connectivity index (χ4v) is 2.52. The molecule has 1 unspecified atom stereocenters. The molecule has 0 heterocycles. The van der Waals surface area contributed by atoms with Crippen molar-refractivity contribution in [3.05, 3.63) is 69.7 Å². The van der Waals surface area contributed by atoms with E-state index in [1.165, 1.54) is 12.1 Å². The molecule has 0 saturated heterocycles. The Bertz CT molecular complexity index is 574. The molecule has 106 valence electrons. The molecule has 2 aromatic carbocycles. The fraction of sp³-hybridized carbons (Fsp3) is 0.250. The molecular weight excluding hydrogens is 326 g/mol. The van der Waals surface area contributed by atoms with Crippen LogP contribution in [0.2, 0.25) is 0 Å². The molecule has 0 aliphatic heterocycles. The maximum atomic E-state index is 13.1. The summed E-state index contributed by atoms with van der Waals surface area (Å²) in [7, 11) is 0. The van der Waals surface area contributed by atoms with Crippen LogP contribution in [0.4, 0.5) is 8.78 Å². The molecule has 0 aliphatic rings. The van der Waals surface area contributed by atoms with Crippen molar-refractivity contribution in [2.75, 3.05) is 0 Å². The Balaban J connectivity index is 2.12. The Morgan fingerprint density at radius 3 is 2.00 bits per heavy atom. The first kappa shape index (κ1) is 15.1. The molecule has 0 saturated carbocycles. The molecule has 2 aromatic rings. The number of rotatable bonds is 4. The van der Waals surface area contributed by atoms with E-state index in [2.05, 4.69) is 15.9 Å². The molecule has 0 bridgehead atoms. The van der Waals surface area contributed by atoms with Crippen LogP contribution < -0.4 is 0 Å². The number of benzene rings is 2. The summed E-state index contributed by atoms with van der Waals surface area (Å²) in [5.74, 6) is -1.25. The van der Waals surface area contributed by atoms with Gasteiger partial charge in [-0.3, -0.25) is 0 Å². The standard InChI is InChI=1S/C16H15BrF2O/c1-16(20,9-11-2-4-13(17)5-3-11)10-12-6-14(18)8-15(19)7-12/h2-8,20H,9-10H2,1H3. The van der Waals surface area contributed by atoms with E-state index in [4.69, 9.17) is 0 Å². The van der Waals surface area contributed by atoms with Crippen LogP contribution in [0.15, 0.2) is 46.9 Å². The Kier molecular flexibility index (Phi) is 4.55. The third-order valence-corrected chi connectivity index (χ3v) is 3.53. The Morgan fingerprint density at radius 1 is 0.950 bits per heavy atom. The maximum Gasteiger partial charge on any atom is 0.126 e. The lowest BCUT2D eigenvalue weighted by atomic mass is 9.90. The summed E-state index contributed by atoms with van der Waals surface area (Å²) in [5.41, 5.74) is 0.355. The van der Waals surface area contributed by atoms with Gasteiger partial charge in [0, 0.05) is 23.4 Å². The van der Waals surface area contributed by atoms with Crippen molar-refractivity contribution in [2.24, 2.45) is 0 Å². The molecule has 20 heavy (non-hydrogen) atoms. The Morgan fingerprint density at radius 2 is 1.45 bits per heavy atom. The van der Waals surface area contributed by atoms with E-state index in [1.807, 2.05) is 24.3 Å². The summed E-state index contributed by atoms with van der Waals surface area (Å²) in [4.78, 5) is 0. The molecule has 0 fully saturated rings. The fourth-order valence-electron chi connectivity index (χ4n) is 2.26. The number of hydrogen-bond acceptors (Lipinski definition) is 1. The van der Waals surface area contributed by atoms with Gasteiger partial charge in [-0.05, 0) is 42.3 Å². The van der Waals surface area contributed by atoms with E-state index in [0.29, 0.717) is 12.0 Å². The van der Waals surface area contributed by atoms with Crippen LogP contribution in [0.3, 0.4) is 0 Å². The second-order valence-corrected chi connectivity index (χ2v) is 6.17. The first-order chi connectivity index (χ1) is 9.34. The van der Waals surface area contributed by atoms with Gasteiger partial charge in [0.1, 0.15) is 11.6 Å². The second-order valence-electron chi connectivity index (χ2n) is 5.25. The van der Waals surface area contributed by atoms with Gasteiger partial charge in [0.25, 0.3) is 0 Å². The SMILES string of the molecule is CC(O)(Cc1ccc(Br)cc1)Cc1cc(F)cc(F)c1. The van der Waals surface area contributed by atoms with E-state index in [1.54, 1.807) is 6.92 Å². The normalized spacial score (nSPS) is 14.1. The molecule has 1 N–H and O–H groups in total. The Labute approximate surface area is 125 Å². The predicted molar refractivity (Wildman–Crippen MR) is 78.5 cm³/mol.